The quantitative estimate of drug-likeness (QED) is 0.0623. The summed E-state index contributed by atoms with van der Waals surface area (Å²) in [6.07, 6.45) is 1.51. The molecular formula is C34H29Cl2F5N2O9. The zero-order valence-electron chi connectivity index (χ0n) is 27.3. The summed E-state index contributed by atoms with van der Waals surface area (Å²) in [7, 11) is 2.44. The predicted molar refractivity (Wildman–Crippen MR) is 170 cm³/mol. The lowest BCUT2D eigenvalue weighted by molar-refractivity contribution is -0.141. The number of carbonyl (C=O) groups is 5. The fourth-order valence-electron chi connectivity index (χ4n) is 8.06. The minimum atomic E-state index is -2.87. The maximum atomic E-state index is 15.3. The molecule has 2 heterocycles. The fraction of sp³-hybridized carbons (Fsp3) is 0.441. The molecule has 11 nitrogen and oxygen atoms in total. The Morgan fingerprint density at radius 3 is 2.12 bits per heavy atom. The standard InChI is InChI=1S/C34H29Cl2F5N2O9/c1-51-13-10-17(44)21(18(11-13)52-2)22-14-7-8-15-20(30(48)42(29(15)47)9-5-3-4-6-19(45)46)16(14)12-33(35)31(49)43(32(50)34(22,33)36)28-26(40)24(38)23(37)25(39)27(28)41/h7,10-11,15-16,20,22,44H,3-6,8-9,12H2,1-2H3,(H,45,46). The molecule has 0 aromatic heterocycles. The number of aromatic hydroxyl groups is 1. The van der Waals surface area contributed by atoms with Gasteiger partial charge < -0.3 is 19.7 Å². The van der Waals surface area contributed by atoms with Crippen LogP contribution in [0.3, 0.4) is 0 Å². The van der Waals surface area contributed by atoms with Gasteiger partial charge in [-0.2, -0.15) is 0 Å². The van der Waals surface area contributed by atoms with Crippen molar-refractivity contribution in [2.45, 2.75) is 54.2 Å². The molecule has 2 aromatic rings. The second-order valence-corrected chi connectivity index (χ2v) is 14.2. The number of alkyl halides is 2. The molecule has 0 bridgehead atoms. The van der Waals surface area contributed by atoms with Crippen LogP contribution >= 0.6 is 23.2 Å². The second kappa shape index (κ2) is 13.2. The minimum Gasteiger partial charge on any atom is -0.507 e. The van der Waals surface area contributed by atoms with Crippen molar-refractivity contribution in [2.24, 2.45) is 17.8 Å². The molecule has 6 unspecified atom stereocenters. The Morgan fingerprint density at radius 2 is 1.52 bits per heavy atom. The van der Waals surface area contributed by atoms with Gasteiger partial charge >= 0.3 is 5.97 Å². The van der Waals surface area contributed by atoms with Crippen LogP contribution in [0.4, 0.5) is 27.6 Å². The highest BCUT2D eigenvalue weighted by molar-refractivity contribution is 6.58. The summed E-state index contributed by atoms with van der Waals surface area (Å²) in [4.78, 5) is 62.4. The molecular weight excluding hydrogens is 746 g/mol. The summed E-state index contributed by atoms with van der Waals surface area (Å²) in [6.45, 7) is -0.0558. The normalized spacial score (nSPS) is 28.1. The molecule has 6 atom stereocenters. The Labute approximate surface area is 301 Å². The van der Waals surface area contributed by atoms with Gasteiger partial charge in [0.05, 0.1) is 26.1 Å². The van der Waals surface area contributed by atoms with E-state index in [1.165, 1.54) is 26.4 Å². The molecule has 3 fully saturated rings. The predicted octanol–water partition coefficient (Wildman–Crippen LogP) is 5.31. The first-order valence-corrected chi connectivity index (χ1v) is 16.7. The topological polar surface area (TPSA) is 151 Å². The van der Waals surface area contributed by atoms with E-state index in [1.54, 1.807) is 0 Å². The van der Waals surface area contributed by atoms with E-state index in [1.807, 2.05) is 0 Å². The van der Waals surface area contributed by atoms with Gasteiger partial charge in [0.1, 0.15) is 22.9 Å². The van der Waals surface area contributed by atoms with Crippen molar-refractivity contribution in [3.63, 3.8) is 0 Å². The lowest BCUT2D eigenvalue weighted by atomic mass is 9.56. The van der Waals surface area contributed by atoms with E-state index in [4.69, 9.17) is 37.8 Å². The first-order valence-electron chi connectivity index (χ1n) is 16.0. The van der Waals surface area contributed by atoms with E-state index in [9.17, 15) is 42.3 Å². The van der Waals surface area contributed by atoms with Gasteiger partial charge in [0.2, 0.25) is 17.6 Å². The SMILES string of the molecule is COc1cc(O)c(C2C3=CCC4C(=O)N(CCCCCC(=O)O)C(=O)C4C3CC3(Cl)C(=O)N(c4c(F)c(F)c(F)c(F)c4F)C(=O)C23Cl)c(OC)c1. The number of nitrogens with zero attached hydrogens (tertiary/aromatic N) is 2. The number of hydrogen-bond acceptors (Lipinski definition) is 8. The lowest BCUT2D eigenvalue weighted by Gasteiger charge is -2.50. The van der Waals surface area contributed by atoms with E-state index in [2.05, 4.69) is 0 Å². The van der Waals surface area contributed by atoms with Gasteiger partial charge in [0.25, 0.3) is 11.8 Å². The highest BCUT2D eigenvalue weighted by atomic mass is 35.5. The third kappa shape index (κ3) is 5.15. The number of allylic oxidation sites excluding steroid dienone is 2. The smallest absolute Gasteiger partial charge is 0.303 e. The molecule has 6 rings (SSSR count). The molecule has 1 saturated carbocycles. The van der Waals surface area contributed by atoms with Crippen molar-refractivity contribution in [1.82, 2.24) is 4.90 Å². The van der Waals surface area contributed by atoms with Gasteiger partial charge in [-0.1, -0.05) is 18.1 Å². The number of hydrogen-bond donors (Lipinski definition) is 2. The number of carboxylic acid groups (broad SMARTS) is 1. The van der Waals surface area contributed by atoms with Crippen molar-refractivity contribution in [3.8, 4) is 17.2 Å². The van der Waals surface area contributed by atoms with Crippen LogP contribution in [0.1, 0.15) is 50.0 Å². The molecule has 0 radical (unpaired) electrons. The Morgan fingerprint density at radius 1 is 0.885 bits per heavy atom. The van der Waals surface area contributed by atoms with Crippen LogP contribution in [0, 0.1) is 46.8 Å². The molecule has 52 heavy (non-hydrogen) atoms. The number of fused-ring (bicyclic) bond motifs is 4. The zero-order valence-corrected chi connectivity index (χ0v) is 28.8. The number of unbranched alkanes of at least 4 members (excludes halogenated alkanes) is 2. The Kier molecular flexibility index (Phi) is 9.48. The molecule has 4 aliphatic rings. The van der Waals surface area contributed by atoms with Crippen LogP contribution in [0.25, 0.3) is 0 Å². The number of aliphatic carboxylic acids is 1. The third-order valence-electron chi connectivity index (χ3n) is 10.4. The summed E-state index contributed by atoms with van der Waals surface area (Å²) < 4.78 is 84.2. The number of amides is 4. The van der Waals surface area contributed by atoms with Crippen LogP contribution in [0.15, 0.2) is 23.8 Å². The van der Waals surface area contributed by atoms with Gasteiger partial charge in [-0.15, -0.1) is 23.2 Å². The summed E-state index contributed by atoms with van der Waals surface area (Å²) in [5.74, 6) is -24.1. The largest absolute Gasteiger partial charge is 0.507 e. The number of phenols is 1. The molecule has 0 spiro atoms. The van der Waals surface area contributed by atoms with Crippen molar-refractivity contribution in [2.75, 3.05) is 25.7 Å². The lowest BCUT2D eigenvalue weighted by Crippen LogP contribution is -2.60. The van der Waals surface area contributed by atoms with Gasteiger partial charge in [-0.3, -0.25) is 28.9 Å². The average Bonchev–Trinajstić information content (AvgIpc) is 3.43. The van der Waals surface area contributed by atoms with Gasteiger partial charge in [-0.25, -0.2) is 26.9 Å². The molecule has 18 heteroatoms. The maximum absolute atomic E-state index is 15.3. The van der Waals surface area contributed by atoms with E-state index in [-0.39, 0.29) is 53.3 Å². The number of likely N-dealkylation sites (tertiary alicyclic amines) is 1. The highest BCUT2D eigenvalue weighted by Gasteiger charge is 2.77. The van der Waals surface area contributed by atoms with E-state index in [0.29, 0.717) is 12.8 Å². The van der Waals surface area contributed by atoms with E-state index in [0.717, 1.165) is 11.0 Å². The van der Waals surface area contributed by atoms with Crippen LogP contribution in [0.2, 0.25) is 0 Å². The zero-order chi connectivity index (χ0) is 38.2. The molecule has 2 aliphatic carbocycles. The van der Waals surface area contributed by atoms with Gasteiger partial charge in [0.15, 0.2) is 33.0 Å². The van der Waals surface area contributed by atoms with Crippen LogP contribution in [0.5, 0.6) is 17.2 Å². The monoisotopic (exact) mass is 774 g/mol. The number of rotatable bonds is 10. The van der Waals surface area contributed by atoms with E-state index >= 15 is 8.78 Å². The second-order valence-electron chi connectivity index (χ2n) is 13.0. The third-order valence-corrected chi connectivity index (χ3v) is 11.8. The Bertz CT molecular complexity index is 1950. The minimum absolute atomic E-state index is 0.0522. The number of ether oxygens (including phenoxy) is 2. The number of carbonyl (C=O) groups excluding carboxylic acids is 4. The number of imide groups is 2. The maximum Gasteiger partial charge on any atom is 0.303 e. The van der Waals surface area contributed by atoms with Crippen molar-refractivity contribution >= 4 is 58.5 Å². The first-order chi connectivity index (χ1) is 24.5. The summed E-state index contributed by atoms with van der Waals surface area (Å²) >= 11 is 14.2. The van der Waals surface area contributed by atoms with Crippen molar-refractivity contribution in [1.29, 1.82) is 0 Å². The van der Waals surface area contributed by atoms with E-state index < -0.39 is 110 Å². The summed E-state index contributed by atoms with van der Waals surface area (Å²) in [5.41, 5.74) is -2.09. The number of anilines is 1. The molecule has 4 amide bonds. The van der Waals surface area contributed by atoms with Crippen molar-refractivity contribution in [3.05, 3.63) is 58.4 Å². The number of carboxylic acids is 1. The molecule has 2 N–H and O–H groups in total. The Hall–Kier alpha value is -4.44. The van der Waals surface area contributed by atoms with Crippen LogP contribution in [-0.4, -0.2) is 75.2 Å². The molecule has 2 aromatic carbocycles. The van der Waals surface area contributed by atoms with Crippen LogP contribution < -0.4 is 14.4 Å². The van der Waals surface area contributed by atoms with Gasteiger partial charge in [-0.05, 0) is 31.6 Å². The molecule has 278 valence electrons. The number of benzene rings is 2. The molecule has 2 aliphatic heterocycles. The Balaban J connectivity index is 1.52. The van der Waals surface area contributed by atoms with Crippen LogP contribution in [-0.2, 0) is 24.0 Å². The van der Waals surface area contributed by atoms with Crippen molar-refractivity contribution < 1.29 is 65.6 Å². The summed E-state index contributed by atoms with van der Waals surface area (Å²) in [5, 5.41) is 20.3. The number of halogens is 7. The number of methoxy groups -OCH3 is 2. The molecule has 2 saturated heterocycles. The van der Waals surface area contributed by atoms with Gasteiger partial charge in [0, 0.05) is 36.6 Å². The summed E-state index contributed by atoms with van der Waals surface area (Å²) in [6, 6.07) is 2.38. The highest BCUT2D eigenvalue weighted by Crippen LogP contribution is 2.67. The first kappa shape index (κ1) is 37.3. The average molecular weight is 776 g/mol. The fourth-order valence-corrected chi connectivity index (χ4v) is 8.98. The number of phenolic OH excluding ortho intramolecular Hbond substituents is 1.